The predicted octanol–water partition coefficient (Wildman–Crippen LogP) is 10.3. The normalized spacial score (nSPS) is 28.5. The van der Waals surface area contributed by atoms with Gasteiger partial charge in [0.25, 0.3) is 0 Å². The molecule has 8 heteroatoms. The van der Waals surface area contributed by atoms with Gasteiger partial charge in [-0.3, -0.25) is 0 Å². The van der Waals surface area contributed by atoms with Crippen molar-refractivity contribution in [3.05, 3.63) is 106 Å². The average molecular weight is 706 g/mol. The third kappa shape index (κ3) is 10.7. The molecule has 4 saturated heterocycles. The van der Waals surface area contributed by atoms with Crippen LogP contribution in [0.25, 0.3) is 0 Å². The van der Waals surface area contributed by atoms with Crippen LogP contribution < -0.4 is 16.0 Å². The van der Waals surface area contributed by atoms with E-state index >= 15 is 0 Å². The lowest BCUT2D eigenvalue weighted by atomic mass is 9.31. The third-order valence-corrected chi connectivity index (χ3v) is 14.5. The van der Waals surface area contributed by atoms with Crippen LogP contribution in [-0.4, -0.2) is 45.0 Å². The van der Waals surface area contributed by atoms with Gasteiger partial charge in [-0.1, -0.05) is 86.4 Å². The van der Waals surface area contributed by atoms with Crippen molar-refractivity contribution in [2.45, 2.75) is 126 Å². The molecule has 3 nitrogen and oxygen atoms in total. The van der Waals surface area contributed by atoms with Crippen LogP contribution in [0, 0.1) is 17.8 Å². The summed E-state index contributed by atoms with van der Waals surface area (Å²) in [4.78, 5) is 2.79. The minimum atomic E-state index is 0.441. The zero-order chi connectivity index (χ0) is 35.0. The van der Waals surface area contributed by atoms with Crippen LogP contribution in [0.4, 0.5) is 0 Å². The Morgan fingerprint density at radius 1 is 0.620 bits per heavy atom. The van der Waals surface area contributed by atoms with Gasteiger partial charge in [-0.2, -0.15) is 0 Å². The molecule has 0 saturated carbocycles. The summed E-state index contributed by atoms with van der Waals surface area (Å²) in [5.74, 6) is 3.57. The Balaban J connectivity index is 1.24. The van der Waals surface area contributed by atoms with Crippen molar-refractivity contribution in [2.75, 3.05) is 7.05 Å². The molecule has 50 heavy (non-hydrogen) atoms. The summed E-state index contributed by atoms with van der Waals surface area (Å²) < 4.78 is 0. The first-order valence-electron chi connectivity index (χ1n) is 19.8. The Hall–Kier alpha value is -2.15. The summed E-state index contributed by atoms with van der Waals surface area (Å²) >= 11 is 3.68. The Morgan fingerprint density at radius 2 is 1.00 bits per heavy atom. The molecule has 4 aliphatic rings. The van der Waals surface area contributed by atoms with Crippen molar-refractivity contribution in [1.29, 1.82) is 0 Å². The van der Waals surface area contributed by atoms with Crippen molar-refractivity contribution in [1.82, 2.24) is 16.0 Å². The number of thiophene rings is 2. The largest absolute Gasteiger partial charge is 0.393 e. The molecule has 2 aromatic rings. The van der Waals surface area contributed by atoms with Gasteiger partial charge in [-0.15, -0.1) is 42.4 Å². The Morgan fingerprint density at radius 3 is 1.36 bits per heavy atom. The highest BCUT2D eigenvalue weighted by Gasteiger charge is 2.39. The lowest BCUT2D eigenvalue weighted by Gasteiger charge is -2.40. The van der Waals surface area contributed by atoms with E-state index in [1.165, 1.54) is 121 Å². The highest BCUT2D eigenvalue weighted by molar-refractivity contribution is 7.10. The van der Waals surface area contributed by atoms with Gasteiger partial charge in [0.15, 0.2) is 20.1 Å². The molecule has 4 fully saturated rings. The maximum absolute atomic E-state index is 4.66. The summed E-state index contributed by atoms with van der Waals surface area (Å²) in [5.41, 5.74) is 6.74. The number of rotatable bonds is 9. The van der Waals surface area contributed by atoms with Crippen molar-refractivity contribution < 1.29 is 0 Å². The van der Waals surface area contributed by atoms with Crippen molar-refractivity contribution >= 4 is 42.8 Å². The van der Waals surface area contributed by atoms with Gasteiger partial charge in [-0.05, 0) is 105 Å². The quantitative estimate of drug-likeness (QED) is 0.180. The zero-order valence-corrected chi connectivity index (χ0v) is 32.7. The Labute approximate surface area is 314 Å². The second kappa shape index (κ2) is 18.1. The van der Waals surface area contributed by atoms with Crippen molar-refractivity contribution in [3.8, 4) is 0 Å². The molecular formula is C42H62B3N3S2. The molecule has 0 aliphatic carbocycles. The minimum absolute atomic E-state index is 0.441. The summed E-state index contributed by atoms with van der Waals surface area (Å²) in [6.45, 7) is 25.0. The average Bonchev–Trinajstić information content (AvgIpc) is 3.79. The maximum Gasteiger partial charge on any atom is 0.171 e. The number of fused-ring (bicyclic) bond motifs is 6. The lowest BCUT2D eigenvalue weighted by Crippen LogP contribution is -2.48. The summed E-state index contributed by atoms with van der Waals surface area (Å²) in [6, 6.07) is 8.81. The van der Waals surface area contributed by atoms with Crippen LogP contribution in [-0.2, 0) is 12.8 Å². The van der Waals surface area contributed by atoms with E-state index in [0.717, 1.165) is 37.3 Å². The third-order valence-electron chi connectivity index (χ3n) is 12.7. The van der Waals surface area contributed by atoms with Gasteiger partial charge in [-0.25, -0.2) is 0 Å². The van der Waals surface area contributed by atoms with E-state index in [9.17, 15) is 0 Å². The molecule has 4 aliphatic heterocycles. The minimum Gasteiger partial charge on any atom is -0.393 e. The van der Waals surface area contributed by atoms with Gasteiger partial charge in [0, 0.05) is 45.9 Å². The van der Waals surface area contributed by atoms with E-state index in [-0.39, 0.29) is 0 Å². The predicted molar refractivity (Wildman–Crippen MR) is 227 cm³/mol. The Bertz CT molecular complexity index is 1400. The second-order valence-corrected chi connectivity index (χ2v) is 19.0. The van der Waals surface area contributed by atoms with E-state index in [1.807, 2.05) is 22.7 Å². The first kappa shape index (κ1) is 37.6. The topological polar surface area (TPSA) is 36.1 Å². The van der Waals surface area contributed by atoms with E-state index < -0.39 is 0 Å². The fraction of sp³-hybridized carbons (Fsp3) is 0.571. The van der Waals surface area contributed by atoms with Gasteiger partial charge >= 0.3 is 0 Å². The first-order chi connectivity index (χ1) is 24.2. The molecule has 2 aromatic heterocycles. The molecular weight excluding hydrogens is 643 g/mol. The molecule has 3 N–H and O–H groups in total. The van der Waals surface area contributed by atoms with E-state index in [2.05, 4.69) is 90.9 Å². The van der Waals surface area contributed by atoms with Gasteiger partial charge in [0.1, 0.15) is 0 Å². The van der Waals surface area contributed by atoms with Crippen molar-refractivity contribution in [2.24, 2.45) is 17.8 Å². The summed E-state index contributed by atoms with van der Waals surface area (Å²) in [6.07, 6.45) is 20.3. The molecule has 0 spiro atoms. The number of hydrogen-bond acceptors (Lipinski definition) is 5. The Kier molecular flexibility index (Phi) is 13.6. The first-order valence-corrected chi connectivity index (χ1v) is 21.6. The van der Waals surface area contributed by atoms with Crippen LogP contribution in [0.15, 0.2) is 96.0 Å². The van der Waals surface area contributed by atoms with Gasteiger partial charge in [0.2, 0.25) is 0 Å². The van der Waals surface area contributed by atoms with Gasteiger partial charge < -0.3 is 16.0 Å². The van der Waals surface area contributed by atoms with E-state index in [4.69, 9.17) is 0 Å². The van der Waals surface area contributed by atoms with Crippen molar-refractivity contribution in [3.63, 3.8) is 0 Å². The van der Waals surface area contributed by atoms with Crippen LogP contribution in [0.3, 0.4) is 0 Å². The molecule has 4 unspecified atom stereocenters. The molecule has 6 bridgehead atoms. The molecule has 0 radical (unpaired) electrons. The monoisotopic (exact) mass is 705 g/mol. The summed E-state index contributed by atoms with van der Waals surface area (Å²) in [7, 11) is 2.20. The fourth-order valence-electron chi connectivity index (χ4n) is 10.5. The lowest BCUT2D eigenvalue weighted by molar-refractivity contribution is 0.429. The SMILES string of the molecule is C=C1CB2CC(CC[C@H](NC)B3CC(=C)CC(CC[C@H](NC(=C)Cc4cccs4)B4CC(=C)CC(CCC2NC(=C)Cc2cccs2)C4)C3)C1. The summed E-state index contributed by atoms with van der Waals surface area (Å²) in [5, 5.41) is 16.3. The highest BCUT2D eigenvalue weighted by atomic mass is 32.1. The standard InChI is InChI=1S/C42H62B3N3S2/c1-30-19-36-12-15-41(47-33(4)22-38-9-7-17-49-38)45-26-32(3)21-37(29-45)13-16-42(48-34(5)23-39-10-8-18-50-39)44-25-31(2)20-35(28-44)11-14-40(46-6)43(24-30)27-36/h7-10,17-18,35-37,40-42,46-48H,1-5,11-16,19-29H2,6H3/t35?,36?,37?,40-,41-,42?/m0/s1. The molecule has 0 amide bonds. The van der Waals surface area contributed by atoms with Crippen LogP contribution in [0.2, 0.25) is 37.9 Å². The smallest absolute Gasteiger partial charge is 0.171 e. The number of nitrogens with one attached hydrogen (secondary N) is 3. The zero-order valence-electron chi connectivity index (χ0n) is 31.0. The number of hydrogen-bond donors (Lipinski definition) is 3. The van der Waals surface area contributed by atoms with Gasteiger partial charge in [0.05, 0.1) is 0 Å². The van der Waals surface area contributed by atoms with E-state index in [1.54, 1.807) is 0 Å². The maximum atomic E-state index is 4.66. The second-order valence-electron chi connectivity index (χ2n) is 16.9. The van der Waals surface area contributed by atoms with Crippen LogP contribution in [0.1, 0.15) is 67.5 Å². The number of allylic oxidation sites excluding steroid dienone is 5. The van der Waals surface area contributed by atoms with Crippen LogP contribution >= 0.6 is 22.7 Å². The molecule has 0 aromatic carbocycles. The fourth-order valence-corrected chi connectivity index (χ4v) is 12.0. The van der Waals surface area contributed by atoms with E-state index in [0.29, 0.717) is 43.9 Å². The highest BCUT2D eigenvalue weighted by Crippen LogP contribution is 2.40. The molecule has 6 atom stereocenters. The molecule has 266 valence electrons. The molecule has 6 rings (SSSR count). The molecule has 6 heterocycles. The van der Waals surface area contributed by atoms with Crippen LogP contribution in [0.5, 0.6) is 0 Å².